The number of alkyl halides is 3. The molecular formula is C40H56F3N5O8S. The monoisotopic (exact) mass is 823 g/mol. The number of ether oxygens (including phenoxy) is 2. The van der Waals surface area contributed by atoms with Gasteiger partial charge in [0, 0.05) is 44.5 Å². The van der Waals surface area contributed by atoms with Crippen LogP contribution in [0.3, 0.4) is 0 Å². The summed E-state index contributed by atoms with van der Waals surface area (Å²) in [5, 5.41) is 17.5. The minimum Gasteiger partial charge on any atom is -0.481 e. The van der Waals surface area contributed by atoms with Gasteiger partial charge in [-0.2, -0.15) is 13.2 Å². The lowest BCUT2D eigenvalue weighted by atomic mass is 9.79. The number of carboxylic acid groups (broad SMARTS) is 1. The lowest BCUT2D eigenvalue weighted by molar-refractivity contribution is -0.150. The van der Waals surface area contributed by atoms with Gasteiger partial charge >= 0.3 is 18.1 Å². The second-order valence-corrected chi connectivity index (χ2v) is 16.4. The lowest BCUT2D eigenvalue weighted by Crippen LogP contribution is -2.59. The van der Waals surface area contributed by atoms with E-state index in [1.54, 1.807) is 4.90 Å². The summed E-state index contributed by atoms with van der Waals surface area (Å²) >= 11 is 1.08. The third-order valence-electron chi connectivity index (χ3n) is 11.1. The maximum Gasteiger partial charge on any atom is 0.416 e. The standard InChI is InChI=1S/C40H56F3N5O8S/c1-8-23(4)34(46-36(51)31-11-9-10-14-47(31)6)38(52)48(15-16-55-7)32(22(2)3)20-33(56-24(5)49)37-45-30(21-57-37)35(50)44-27-17-25-12-13-26(40(41,42)43)18-28(25)29(19-27)39(53)54/h12-13,18,21-23,27,29,31-34H,8-11,14-17,19-20H2,1-7H3,(H,44,50)(H,46,51)(H,53,54)/t23-,27-,29+,31+,32+,33+,34-/m0/s1. The van der Waals surface area contributed by atoms with Crippen LogP contribution in [0.1, 0.15) is 117 Å². The van der Waals surface area contributed by atoms with Crippen LogP contribution in [0.15, 0.2) is 23.6 Å². The first-order valence-electron chi connectivity index (χ1n) is 19.5. The summed E-state index contributed by atoms with van der Waals surface area (Å²) in [4.78, 5) is 74.5. The molecule has 0 unspecified atom stereocenters. The number of likely N-dealkylation sites (N-methyl/N-ethyl adjacent to an activating group) is 1. The van der Waals surface area contributed by atoms with Gasteiger partial charge in [-0.15, -0.1) is 11.3 Å². The second kappa shape index (κ2) is 20.1. The first-order valence-corrected chi connectivity index (χ1v) is 20.4. The van der Waals surface area contributed by atoms with Crippen LogP contribution in [0.5, 0.6) is 0 Å². The van der Waals surface area contributed by atoms with Gasteiger partial charge in [0.25, 0.3) is 5.91 Å². The second-order valence-electron chi connectivity index (χ2n) is 15.5. The molecule has 0 bridgehead atoms. The lowest BCUT2D eigenvalue weighted by Gasteiger charge is -2.40. The van der Waals surface area contributed by atoms with Crippen molar-refractivity contribution in [2.75, 3.05) is 33.9 Å². The fourth-order valence-corrected chi connectivity index (χ4v) is 8.55. The van der Waals surface area contributed by atoms with Crippen LogP contribution < -0.4 is 10.6 Å². The van der Waals surface area contributed by atoms with Crippen molar-refractivity contribution in [1.29, 1.82) is 0 Å². The number of hydrogen-bond donors (Lipinski definition) is 3. The van der Waals surface area contributed by atoms with E-state index in [-0.39, 0.29) is 73.4 Å². The zero-order valence-corrected chi connectivity index (χ0v) is 34.5. The summed E-state index contributed by atoms with van der Waals surface area (Å²) in [7, 11) is 3.44. The highest BCUT2D eigenvalue weighted by Gasteiger charge is 2.40. The highest BCUT2D eigenvalue weighted by Crippen LogP contribution is 2.38. The largest absolute Gasteiger partial charge is 0.481 e. The smallest absolute Gasteiger partial charge is 0.416 e. The number of aliphatic carboxylic acids is 1. The number of thiazole rings is 1. The average molecular weight is 824 g/mol. The Labute approximate surface area is 336 Å². The van der Waals surface area contributed by atoms with E-state index in [1.165, 1.54) is 25.5 Å². The van der Waals surface area contributed by atoms with Crippen LogP contribution in [-0.2, 0) is 41.2 Å². The Kier molecular flexibility index (Phi) is 16.0. The third kappa shape index (κ3) is 11.7. The van der Waals surface area contributed by atoms with E-state index in [4.69, 9.17) is 9.47 Å². The molecule has 316 valence electrons. The van der Waals surface area contributed by atoms with Crippen molar-refractivity contribution in [3.8, 4) is 0 Å². The Morgan fingerprint density at radius 2 is 1.86 bits per heavy atom. The minimum atomic E-state index is -4.64. The molecule has 1 saturated heterocycles. The molecule has 2 heterocycles. The number of nitrogens with one attached hydrogen (secondary N) is 2. The highest BCUT2D eigenvalue weighted by molar-refractivity contribution is 7.09. The van der Waals surface area contributed by atoms with Gasteiger partial charge in [-0.25, -0.2) is 4.98 Å². The summed E-state index contributed by atoms with van der Waals surface area (Å²) in [6.07, 6.45) is -2.23. The third-order valence-corrected chi connectivity index (χ3v) is 12.0. The minimum absolute atomic E-state index is 0.0158. The molecule has 0 radical (unpaired) electrons. The summed E-state index contributed by atoms with van der Waals surface area (Å²) in [6.45, 7) is 10.2. The number of carbonyl (C=O) groups excluding carboxylic acids is 4. The number of benzene rings is 1. The van der Waals surface area contributed by atoms with E-state index in [2.05, 4.69) is 15.6 Å². The zero-order valence-electron chi connectivity index (χ0n) is 33.7. The van der Waals surface area contributed by atoms with Crippen molar-refractivity contribution in [2.45, 2.75) is 122 Å². The SMILES string of the molecule is CC[C@H](C)[C@H](NC(=O)[C@H]1CCCCN1C)C(=O)N(CCOC)[C@H](C[C@@H](OC(C)=O)c1nc(C(=O)N[C@H]2Cc3ccc(C(F)(F)F)cc3[C@H](C(=O)O)C2)cs1)C(C)C. The number of carbonyl (C=O) groups is 5. The Hall–Kier alpha value is -4.09. The molecule has 1 fully saturated rings. The number of methoxy groups -OCH3 is 1. The molecule has 57 heavy (non-hydrogen) atoms. The first-order chi connectivity index (χ1) is 26.9. The van der Waals surface area contributed by atoms with Crippen LogP contribution in [-0.4, -0.2) is 108 Å². The molecule has 1 aliphatic heterocycles. The maximum atomic E-state index is 14.6. The fraction of sp³-hybridized carbons (Fsp3) is 0.650. The van der Waals surface area contributed by atoms with Gasteiger partial charge in [0.15, 0.2) is 6.10 Å². The Bertz CT molecular complexity index is 1740. The van der Waals surface area contributed by atoms with E-state index in [0.29, 0.717) is 23.4 Å². The fourth-order valence-electron chi connectivity index (χ4n) is 7.71. The quantitative estimate of drug-likeness (QED) is 0.171. The number of esters is 1. The van der Waals surface area contributed by atoms with Crippen molar-refractivity contribution < 1.29 is 51.7 Å². The molecule has 2 aliphatic rings. The van der Waals surface area contributed by atoms with Crippen molar-refractivity contribution in [3.05, 3.63) is 51.0 Å². The molecule has 1 aromatic carbocycles. The van der Waals surface area contributed by atoms with Gasteiger partial charge in [-0.1, -0.05) is 46.6 Å². The molecule has 4 rings (SSSR count). The molecule has 0 spiro atoms. The van der Waals surface area contributed by atoms with Crippen molar-refractivity contribution in [1.82, 2.24) is 25.4 Å². The van der Waals surface area contributed by atoms with Gasteiger partial charge in [0.1, 0.15) is 16.7 Å². The van der Waals surface area contributed by atoms with Gasteiger partial charge in [-0.05, 0) is 74.4 Å². The highest BCUT2D eigenvalue weighted by atomic mass is 32.1. The van der Waals surface area contributed by atoms with Crippen LogP contribution in [0.4, 0.5) is 13.2 Å². The molecule has 2 aromatic rings. The molecule has 17 heteroatoms. The van der Waals surface area contributed by atoms with E-state index < -0.39 is 59.7 Å². The van der Waals surface area contributed by atoms with E-state index in [0.717, 1.165) is 42.9 Å². The first kappa shape index (κ1) is 45.6. The molecule has 0 saturated carbocycles. The normalized spacial score (nSPS) is 20.8. The van der Waals surface area contributed by atoms with E-state index >= 15 is 0 Å². The molecule has 13 nitrogen and oxygen atoms in total. The van der Waals surface area contributed by atoms with Crippen LogP contribution >= 0.6 is 11.3 Å². The van der Waals surface area contributed by atoms with Gasteiger partial charge in [0.2, 0.25) is 11.8 Å². The Morgan fingerprint density at radius 1 is 1.14 bits per heavy atom. The van der Waals surface area contributed by atoms with Crippen LogP contribution in [0.25, 0.3) is 0 Å². The summed E-state index contributed by atoms with van der Waals surface area (Å²) in [5.41, 5.74) is -0.499. The predicted octanol–water partition coefficient (Wildman–Crippen LogP) is 5.58. The number of nitrogens with zero attached hydrogens (tertiary/aromatic N) is 3. The summed E-state index contributed by atoms with van der Waals surface area (Å²) in [5.74, 6) is -4.63. The predicted molar refractivity (Wildman–Crippen MR) is 207 cm³/mol. The Balaban J connectivity index is 1.57. The molecule has 1 aliphatic carbocycles. The zero-order chi connectivity index (χ0) is 42.2. The topological polar surface area (TPSA) is 167 Å². The van der Waals surface area contributed by atoms with Crippen molar-refractivity contribution in [2.24, 2.45) is 11.8 Å². The number of hydrogen-bond acceptors (Lipinski definition) is 10. The van der Waals surface area contributed by atoms with Gasteiger partial charge in [0.05, 0.1) is 24.1 Å². The number of carboxylic acids is 1. The molecule has 1 aromatic heterocycles. The van der Waals surface area contributed by atoms with E-state index in [9.17, 15) is 42.3 Å². The number of piperidine rings is 1. The number of amides is 3. The molecule has 7 atom stereocenters. The number of likely N-dealkylation sites (tertiary alicyclic amines) is 1. The van der Waals surface area contributed by atoms with Gasteiger partial charge < -0.3 is 30.1 Å². The van der Waals surface area contributed by atoms with E-state index in [1.807, 2.05) is 39.6 Å². The number of halogens is 3. The maximum absolute atomic E-state index is 14.6. The molecule has 3 N–H and O–H groups in total. The molecular weight excluding hydrogens is 768 g/mol. The number of fused-ring (bicyclic) bond motifs is 1. The summed E-state index contributed by atoms with van der Waals surface area (Å²) in [6, 6.07) is 0.617. The average Bonchev–Trinajstić information content (AvgIpc) is 3.65. The summed E-state index contributed by atoms with van der Waals surface area (Å²) < 4.78 is 51.4. The molecule has 3 amide bonds. The van der Waals surface area contributed by atoms with Crippen LogP contribution in [0, 0.1) is 11.8 Å². The van der Waals surface area contributed by atoms with Crippen molar-refractivity contribution >= 4 is 41.0 Å². The number of rotatable bonds is 17. The number of aromatic nitrogens is 1. The van der Waals surface area contributed by atoms with Gasteiger partial charge in [-0.3, -0.25) is 28.9 Å². The Morgan fingerprint density at radius 3 is 2.46 bits per heavy atom. The van der Waals surface area contributed by atoms with Crippen LogP contribution in [0.2, 0.25) is 0 Å². The van der Waals surface area contributed by atoms with Crippen molar-refractivity contribution in [3.63, 3.8) is 0 Å².